The molecule has 4 heteroatoms. The van der Waals surface area contributed by atoms with E-state index in [-0.39, 0.29) is 27.4 Å². The molecule has 0 amide bonds. The van der Waals surface area contributed by atoms with Gasteiger partial charge < -0.3 is 5.11 Å². The monoisotopic (exact) mass is 829 g/mol. The van der Waals surface area contributed by atoms with Crippen LogP contribution < -0.4 is 0 Å². The summed E-state index contributed by atoms with van der Waals surface area (Å²) in [5.74, 6) is 0.979. The second-order valence-corrected chi connectivity index (χ2v) is 21.6. The van der Waals surface area contributed by atoms with E-state index in [0.29, 0.717) is 5.82 Å². The van der Waals surface area contributed by atoms with Gasteiger partial charge in [-0.25, -0.2) is 4.98 Å². The van der Waals surface area contributed by atoms with Crippen molar-refractivity contribution < 1.29 is 5.11 Å². The SMILES string of the molecule is Cc1ccc(-c2ccnc(-c3cc(-c4cccc5c4nc(-c4cc(C(C)(C)C)cc(C(C)(C)C)c4O)n5-c4ccc(-c5ccccc5)cc4C(C)(C)C)cc(C(C)(C)C)c3)c2)cc1. The summed E-state index contributed by atoms with van der Waals surface area (Å²) in [5, 5.41) is 12.5. The van der Waals surface area contributed by atoms with Crippen molar-refractivity contribution in [2.45, 2.75) is 112 Å². The molecule has 0 spiro atoms. The average Bonchev–Trinajstić information content (AvgIpc) is 3.62. The first kappa shape index (κ1) is 43.4. The van der Waals surface area contributed by atoms with Crippen LogP contribution in [-0.2, 0) is 21.7 Å². The molecule has 0 bridgehead atoms. The zero-order chi connectivity index (χ0) is 45.2. The highest BCUT2D eigenvalue weighted by atomic mass is 16.3. The first-order valence-corrected chi connectivity index (χ1v) is 22.4. The lowest BCUT2D eigenvalue weighted by Crippen LogP contribution is -2.18. The molecule has 0 atom stereocenters. The maximum absolute atomic E-state index is 12.5. The summed E-state index contributed by atoms with van der Waals surface area (Å²) in [6, 6.07) is 48.2. The van der Waals surface area contributed by atoms with E-state index in [0.717, 1.165) is 66.9 Å². The minimum atomic E-state index is -0.315. The number of hydrogen-bond acceptors (Lipinski definition) is 3. The lowest BCUT2D eigenvalue weighted by atomic mass is 9.78. The number of hydrogen-bond donors (Lipinski definition) is 1. The normalized spacial score (nSPS) is 12.6. The van der Waals surface area contributed by atoms with Crippen LogP contribution in [0.1, 0.15) is 111 Å². The third-order valence-corrected chi connectivity index (χ3v) is 12.4. The van der Waals surface area contributed by atoms with E-state index < -0.39 is 0 Å². The largest absolute Gasteiger partial charge is 0.507 e. The molecule has 0 fully saturated rings. The van der Waals surface area contributed by atoms with Crippen LogP contribution in [0.2, 0.25) is 0 Å². The fourth-order valence-electron chi connectivity index (χ4n) is 8.59. The van der Waals surface area contributed by atoms with Gasteiger partial charge in [-0.05, 0) is 122 Å². The standard InChI is InChI=1S/C59H63N3O/c1-37-22-24-39(25-23-37)41-28-29-60-50(34-41)43-30-42(31-44(32-43)56(2,3)4)46-20-17-21-52-53(46)61-55(47-35-45(57(5,6)7)36-49(54(47)63)59(11,12)13)62(52)51-27-26-40(33-48(51)58(8,9)10)38-18-15-14-16-19-38/h14-36,63H,1-13H3. The van der Waals surface area contributed by atoms with E-state index in [1.165, 1.54) is 27.8 Å². The second kappa shape index (κ2) is 15.8. The van der Waals surface area contributed by atoms with Crippen LogP contribution in [0.3, 0.4) is 0 Å². The van der Waals surface area contributed by atoms with E-state index in [4.69, 9.17) is 9.97 Å². The fourth-order valence-corrected chi connectivity index (χ4v) is 8.59. The molecule has 0 saturated heterocycles. The number of benzene rings is 6. The van der Waals surface area contributed by atoms with Gasteiger partial charge in [0, 0.05) is 22.9 Å². The van der Waals surface area contributed by atoms with Crippen molar-refractivity contribution in [1.82, 2.24) is 14.5 Å². The highest BCUT2D eigenvalue weighted by Gasteiger charge is 2.30. The summed E-state index contributed by atoms with van der Waals surface area (Å²) in [6.07, 6.45) is 1.92. The molecule has 8 rings (SSSR count). The Hall–Kier alpha value is -6.26. The van der Waals surface area contributed by atoms with Crippen LogP contribution in [0.25, 0.3) is 72.7 Å². The predicted octanol–water partition coefficient (Wildman–Crippen LogP) is 16.0. The van der Waals surface area contributed by atoms with Crippen molar-refractivity contribution in [3.63, 3.8) is 0 Å². The molecule has 2 aromatic heterocycles. The van der Waals surface area contributed by atoms with Gasteiger partial charge in [-0.3, -0.25) is 9.55 Å². The molecule has 2 heterocycles. The minimum absolute atomic E-state index is 0.137. The van der Waals surface area contributed by atoms with Crippen LogP contribution in [0.4, 0.5) is 0 Å². The molecular formula is C59H63N3O. The van der Waals surface area contributed by atoms with Gasteiger partial charge in [-0.15, -0.1) is 0 Å². The molecular weight excluding hydrogens is 767 g/mol. The van der Waals surface area contributed by atoms with Crippen LogP contribution in [-0.4, -0.2) is 19.6 Å². The van der Waals surface area contributed by atoms with Crippen molar-refractivity contribution in [2.24, 2.45) is 0 Å². The molecule has 0 aliphatic carbocycles. The van der Waals surface area contributed by atoms with Gasteiger partial charge in [0.25, 0.3) is 0 Å². The number of fused-ring (bicyclic) bond motifs is 1. The zero-order valence-electron chi connectivity index (χ0n) is 39.6. The van der Waals surface area contributed by atoms with E-state index in [1.807, 2.05) is 6.20 Å². The van der Waals surface area contributed by atoms with Gasteiger partial charge >= 0.3 is 0 Å². The summed E-state index contributed by atoms with van der Waals surface area (Å²) in [5.41, 5.74) is 17.2. The quantitative estimate of drug-likeness (QED) is 0.182. The number of para-hydroxylation sites is 1. The Labute approximate surface area is 375 Å². The van der Waals surface area contributed by atoms with Crippen LogP contribution in [0.15, 0.2) is 140 Å². The Morgan fingerprint density at radius 3 is 1.71 bits per heavy atom. The maximum atomic E-state index is 12.5. The minimum Gasteiger partial charge on any atom is -0.507 e. The third-order valence-electron chi connectivity index (χ3n) is 12.4. The Balaban J connectivity index is 1.44. The highest BCUT2D eigenvalue weighted by Crippen LogP contribution is 2.46. The predicted molar refractivity (Wildman–Crippen MR) is 267 cm³/mol. The van der Waals surface area contributed by atoms with Gasteiger partial charge in [-0.1, -0.05) is 174 Å². The fraction of sp³-hybridized carbons (Fsp3) is 0.288. The Morgan fingerprint density at radius 2 is 1.06 bits per heavy atom. The lowest BCUT2D eigenvalue weighted by Gasteiger charge is -2.28. The topological polar surface area (TPSA) is 50.9 Å². The van der Waals surface area contributed by atoms with Crippen molar-refractivity contribution in [1.29, 1.82) is 0 Å². The molecule has 4 nitrogen and oxygen atoms in total. The van der Waals surface area contributed by atoms with E-state index in [9.17, 15) is 5.11 Å². The van der Waals surface area contributed by atoms with Crippen molar-refractivity contribution >= 4 is 11.0 Å². The Morgan fingerprint density at radius 1 is 0.460 bits per heavy atom. The zero-order valence-corrected chi connectivity index (χ0v) is 39.6. The van der Waals surface area contributed by atoms with Crippen LogP contribution in [0, 0.1) is 6.92 Å². The summed E-state index contributed by atoms with van der Waals surface area (Å²) in [6.45, 7) is 29.0. The maximum Gasteiger partial charge on any atom is 0.149 e. The molecule has 0 aliphatic heterocycles. The first-order valence-electron chi connectivity index (χ1n) is 22.4. The van der Waals surface area contributed by atoms with Gasteiger partial charge in [-0.2, -0.15) is 0 Å². The highest BCUT2D eigenvalue weighted by molar-refractivity contribution is 5.97. The van der Waals surface area contributed by atoms with Gasteiger partial charge in [0.1, 0.15) is 11.6 Å². The smallest absolute Gasteiger partial charge is 0.149 e. The van der Waals surface area contributed by atoms with E-state index >= 15 is 0 Å². The number of phenols is 1. The number of imidazole rings is 1. The van der Waals surface area contributed by atoms with E-state index in [2.05, 4.69) is 228 Å². The molecule has 320 valence electrons. The summed E-state index contributed by atoms with van der Waals surface area (Å²) in [7, 11) is 0. The number of pyridine rings is 1. The average molecular weight is 830 g/mol. The van der Waals surface area contributed by atoms with Crippen LogP contribution in [0.5, 0.6) is 5.75 Å². The molecule has 0 saturated carbocycles. The molecule has 63 heavy (non-hydrogen) atoms. The molecule has 6 aromatic carbocycles. The van der Waals surface area contributed by atoms with Gasteiger partial charge in [0.15, 0.2) is 0 Å². The summed E-state index contributed by atoms with van der Waals surface area (Å²) in [4.78, 5) is 10.6. The van der Waals surface area contributed by atoms with Gasteiger partial charge in [0.2, 0.25) is 0 Å². The van der Waals surface area contributed by atoms with Crippen molar-refractivity contribution in [3.05, 3.63) is 167 Å². The van der Waals surface area contributed by atoms with Crippen molar-refractivity contribution in [2.75, 3.05) is 0 Å². The number of phenolic OH excluding ortho intramolecular Hbond substituents is 1. The Bertz CT molecular complexity index is 2980. The van der Waals surface area contributed by atoms with Gasteiger partial charge in [0.05, 0.1) is 28.0 Å². The summed E-state index contributed by atoms with van der Waals surface area (Å²) >= 11 is 0. The number of rotatable bonds is 6. The van der Waals surface area contributed by atoms with Crippen molar-refractivity contribution in [3.8, 4) is 67.5 Å². The van der Waals surface area contributed by atoms with Crippen LogP contribution >= 0.6 is 0 Å². The molecule has 8 aromatic rings. The molecule has 0 unspecified atom stereocenters. The molecule has 0 radical (unpaired) electrons. The number of aromatic hydroxyl groups is 1. The lowest BCUT2D eigenvalue weighted by molar-refractivity contribution is 0.446. The second-order valence-electron chi connectivity index (χ2n) is 21.6. The summed E-state index contributed by atoms with van der Waals surface area (Å²) < 4.78 is 2.31. The Kier molecular flexibility index (Phi) is 10.9. The number of nitrogens with zero attached hydrogens (tertiary/aromatic N) is 3. The molecule has 0 aliphatic rings. The van der Waals surface area contributed by atoms with E-state index in [1.54, 1.807) is 0 Å². The third kappa shape index (κ3) is 8.61. The number of aryl methyl sites for hydroxylation is 1. The first-order chi connectivity index (χ1) is 29.6. The molecule has 1 N–H and O–H groups in total. The number of aromatic nitrogens is 3.